The van der Waals surface area contributed by atoms with Crippen LogP contribution in [0.5, 0.6) is 0 Å². The summed E-state index contributed by atoms with van der Waals surface area (Å²) in [4.78, 5) is 0. The molecule has 0 bridgehead atoms. The van der Waals surface area contributed by atoms with Crippen LogP contribution in [0.15, 0.2) is 133 Å². The van der Waals surface area contributed by atoms with Crippen LogP contribution in [0.4, 0.5) is 0 Å². The minimum Gasteiger partial charge on any atom is -0.0622 e. The summed E-state index contributed by atoms with van der Waals surface area (Å²) in [6, 6.07) is 46.8. The van der Waals surface area contributed by atoms with Gasteiger partial charge in [-0.15, -0.1) is 0 Å². The largest absolute Gasteiger partial charge is 0.0622 e. The van der Waals surface area contributed by atoms with Crippen molar-refractivity contribution in [2.75, 3.05) is 0 Å². The fourth-order valence-electron chi connectivity index (χ4n) is 4.23. The van der Waals surface area contributed by atoms with Gasteiger partial charge in [0.1, 0.15) is 0 Å². The van der Waals surface area contributed by atoms with Gasteiger partial charge in [-0.05, 0) is 44.5 Å². The lowest BCUT2D eigenvalue weighted by atomic mass is 9.89. The zero-order valence-electron chi connectivity index (χ0n) is 19.0. The molecule has 162 valence electrons. The second kappa shape index (κ2) is 10.5. The van der Waals surface area contributed by atoms with E-state index >= 15 is 0 Å². The van der Waals surface area contributed by atoms with Gasteiger partial charge in [0.15, 0.2) is 0 Å². The Balaban J connectivity index is 1.66. The van der Waals surface area contributed by atoms with Gasteiger partial charge in [0.2, 0.25) is 0 Å². The Morgan fingerprint density at radius 1 is 0.324 bits per heavy atom. The molecule has 34 heavy (non-hydrogen) atoms. The predicted octanol–water partition coefficient (Wildman–Crippen LogP) is 9.36. The molecule has 0 radical (unpaired) electrons. The first-order valence-electron chi connectivity index (χ1n) is 11.6. The third-order valence-electron chi connectivity index (χ3n) is 5.94. The van der Waals surface area contributed by atoms with Gasteiger partial charge in [-0.3, -0.25) is 0 Å². The highest BCUT2D eigenvalue weighted by atomic mass is 14.2. The van der Waals surface area contributed by atoms with Crippen LogP contribution in [-0.4, -0.2) is 0 Å². The van der Waals surface area contributed by atoms with Gasteiger partial charge in [0.05, 0.1) is 0 Å². The topological polar surface area (TPSA) is 0 Å². The normalized spacial score (nSPS) is 11.3. The maximum Gasteiger partial charge on any atom is -0.00992 e. The van der Waals surface area contributed by atoms with E-state index in [9.17, 15) is 0 Å². The smallest absolute Gasteiger partial charge is 0.00992 e. The molecule has 0 heterocycles. The lowest BCUT2D eigenvalue weighted by Gasteiger charge is -2.15. The van der Waals surface area contributed by atoms with Crippen LogP contribution in [0.3, 0.4) is 0 Å². The molecule has 0 aliphatic rings. The number of rotatable bonds is 6. The Hall–Kier alpha value is -4.42. The summed E-state index contributed by atoms with van der Waals surface area (Å²) in [6.45, 7) is 0. The number of hydrogen-bond donors (Lipinski definition) is 0. The molecule has 5 aromatic rings. The molecule has 5 rings (SSSR count). The van der Waals surface area contributed by atoms with E-state index in [1.807, 2.05) is 6.07 Å². The quantitative estimate of drug-likeness (QED) is 0.234. The van der Waals surface area contributed by atoms with E-state index in [1.165, 1.54) is 44.5 Å². The monoisotopic (exact) mass is 434 g/mol. The van der Waals surface area contributed by atoms with Crippen LogP contribution >= 0.6 is 0 Å². The van der Waals surface area contributed by atoms with Crippen LogP contribution in [0, 0.1) is 0 Å². The Labute approximate surface area is 202 Å². The van der Waals surface area contributed by atoms with Gasteiger partial charge in [0, 0.05) is 0 Å². The summed E-state index contributed by atoms with van der Waals surface area (Å²) in [5, 5.41) is 0. The van der Waals surface area contributed by atoms with E-state index in [2.05, 4.69) is 152 Å². The molecule has 0 N–H and O–H groups in total. The Bertz CT molecular complexity index is 1410. The molecule has 0 spiro atoms. The molecule has 0 fully saturated rings. The average molecular weight is 435 g/mol. The van der Waals surface area contributed by atoms with Crippen molar-refractivity contribution < 1.29 is 0 Å². The highest BCUT2D eigenvalue weighted by Crippen LogP contribution is 2.36. The maximum atomic E-state index is 2.25. The molecular weight excluding hydrogens is 408 g/mol. The molecule has 0 amide bonds. The van der Waals surface area contributed by atoms with Crippen molar-refractivity contribution in [2.45, 2.75) is 0 Å². The molecule has 0 saturated carbocycles. The van der Waals surface area contributed by atoms with Gasteiger partial charge in [-0.1, -0.05) is 158 Å². The Morgan fingerprint density at radius 2 is 0.824 bits per heavy atom. The van der Waals surface area contributed by atoms with Gasteiger partial charge in [-0.25, -0.2) is 0 Å². The predicted molar refractivity (Wildman–Crippen MR) is 148 cm³/mol. The number of benzene rings is 5. The van der Waals surface area contributed by atoms with Crippen LogP contribution in [0.1, 0.15) is 22.3 Å². The highest BCUT2D eigenvalue weighted by molar-refractivity contribution is 5.92. The first kappa shape index (κ1) is 21.4. The summed E-state index contributed by atoms with van der Waals surface area (Å²) >= 11 is 0. The molecule has 0 unspecified atom stereocenters. The standard InChI is InChI=1S/C34H26/c1-4-13-27(14-5-1)23-25-30-19-12-22-34(32(30)26-24-28-15-6-2-7-16-28)33-21-11-10-20-31(33)29-17-8-3-9-18-29/h1-26H. The van der Waals surface area contributed by atoms with Crippen molar-refractivity contribution >= 4 is 24.3 Å². The van der Waals surface area contributed by atoms with Crippen molar-refractivity contribution in [3.05, 3.63) is 156 Å². The van der Waals surface area contributed by atoms with Crippen molar-refractivity contribution in [3.63, 3.8) is 0 Å². The summed E-state index contributed by atoms with van der Waals surface area (Å²) in [7, 11) is 0. The lowest BCUT2D eigenvalue weighted by molar-refractivity contribution is 1.55. The van der Waals surface area contributed by atoms with Crippen molar-refractivity contribution in [2.24, 2.45) is 0 Å². The molecule has 0 nitrogen and oxygen atoms in total. The van der Waals surface area contributed by atoms with E-state index in [0.29, 0.717) is 0 Å². The van der Waals surface area contributed by atoms with Crippen molar-refractivity contribution in [1.29, 1.82) is 0 Å². The minimum absolute atomic E-state index is 1.19. The summed E-state index contributed by atoms with van der Waals surface area (Å²) in [5.74, 6) is 0. The molecule has 0 aliphatic heterocycles. The third kappa shape index (κ3) is 4.98. The van der Waals surface area contributed by atoms with E-state index in [1.54, 1.807) is 0 Å². The van der Waals surface area contributed by atoms with Crippen LogP contribution in [-0.2, 0) is 0 Å². The van der Waals surface area contributed by atoms with Crippen LogP contribution in [0.25, 0.3) is 46.6 Å². The number of hydrogen-bond acceptors (Lipinski definition) is 0. The van der Waals surface area contributed by atoms with Crippen molar-refractivity contribution in [1.82, 2.24) is 0 Å². The molecular formula is C34H26. The molecule has 0 aromatic heterocycles. The molecule has 0 saturated heterocycles. The summed E-state index contributed by atoms with van der Waals surface area (Å²) in [5.41, 5.74) is 9.70. The summed E-state index contributed by atoms with van der Waals surface area (Å²) in [6.07, 6.45) is 8.84. The molecule has 0 atom stereocenters. The SMILES string of the molecule is C(=Cc1cccc(-c2ccccc2-c2ccccc2)c1C=Cc1ccccc1)c1ccccc1. The van der Waals surface area contributed by atoms with Crippen LogP contribution < -0.4 is 0 Å². The maximum absolute atomic E-state index is 2.25. The van der Waals surface area contributed by atoms with E-state index in [4.69, 9.17) is 0 Å². The summed E-state index contributed by atoms with van der Waals surface area (Å²) < 4.78 is 0. The van der Waals surface area contributed by atoms with Crippen LogP contribution in [0.2, 0.25) is 0 Å². The Kier molecular flexibility index (Phi) is 6.59. The second-order valence-corrected chi connectivity index (χ2v) is 8.21. The average Bonchev–Trinajstić information content (AvgIpc) is 2.92. The fraction of sp³-hybridized carbons (Fsp3) is 0. The van der Waals surface area contributed by atoms with Gasteiger partial charge < -0.3 is 0 Å². The van der Waals surface area contributed by atoms with Gasteiger partial charge in [-0.2, -0.15) is 0 Å². The molecule has 0 heteroatoms. The van der Waals surface area contributed by atoms with Crippen molar-refractivity contribution in [3.8, 4) is 22.3 Å². The Morgan fingerprint density at radius 3 is 1.47 bits per heavy atom. The first-order chi connectivity index (χ1) is 16.9. The third-order valence-corrected chi connectivity index (χ3v) is 5.94. The molecule has 0 aliphatic carbocycles. The van der Waals surface area contributed by atoms with Gasteiger partial charge in [0.25, 0.3) is 0 Å². The zero-order valence-corrected chi connectivity index (χ0v) is 19.0. The first-order valence-corrected chi connectivity index (χ1v) is 11.6. The van der Waals surface area contributed by atoms with E-state index in [0.717, 1.165) is 0 Å². The minimum atomic E-state index is 1.19. The highest BCUT2D eigenvalue weighted by Gasteiger charge is 2.11. The van der Waals surface area contributed by atoms with E-state index < -0.39 is 0 Å². The van der Waals surface area contributed by atoms with Gasteiger partial charge >= 0.3 is 0 Å². The fourth-order valence-corrected chi connectivity index (χ4v) is 4.23. The molecule has 5 aromatic carbocycles. The zero-order chi connectivity index (χ0) is 23.0. The second-order valence-electron chi connectivity index (χ2n) is 8.21. The lowest BCUT2D eigenvalue weighted by Crippen LogP contribution is -1.91. The van der Waals surface area contributed by atoms with E-state index in [-0.39, 0.29) is 0 Å².